The first kappa shape index (κ1) is 15.1. The summed E-state index contributed by atoms with van der Waals surface area (Å²) < 4.78 is 13.2. The number of aryl methyl sites for hydroxylation is 1. The second kappa shape index (κ2) is 5.81. The van der Waals surface area contributed by atoms with Gasteiger partial charge in [0.2, 0.25) is 0 Å². The quantitative estimate of drug-likeness (QED) is 0.871. The molecule has 0 amide bonds. The van der Waals surface area contributed by atoms with E-state index in [0.29, 0.717) is 6.54 Å². The SMILES string of the molecule is CCC(C)(C)N(C)C(CN)c1ccc(F)cc1C. The lowest BCUT2D eigenvalue weighted by Crippen LogP contribution is -2.45. The van der Waals surface area contributed by atoms with Crippen molar-refractivity contribution in [2.45, 2.75) is 45.7 Å². The first-order valence-electron chi connectivity index (χ1n) is 6.52. The molecule has 0 fully saturated rings. The van der Waals surface area contributed by atoms with Crippen LogP contribution in [-0.4, -0.2) is 24.0 Å². The summed E-state index contributed by atoms with van der Waals surface area (Å²) in [6.07, 6.45) is 1.04. The summed E-state index contributed by atoms with van der Waals surface area (Å²) in [6.45, 7) is 9.05. The van der Waals surface area contributed by atoms with Gasteiger partial charge in [0, 0.05) is 18.1 Å². The third kappa shape index (κ3) is 3.09. The normalized spacial score (nSPS) is 14.0. The van der Waals surface area contributed by atoms with E-state index in [9.17, 15) is 4.39 Å². The number of hydrogen-bond acceptors (Lipinski definition) is 2. The van der Waals surface area contributed by atoms with Crippen molar-refractivity contribution in [3.05, 3.63) is 35.1 Å². The van der Waals surface area contributed by atoms with Crippen LogP contribution in [0, 0.1) is 12.7 Å². The third-order valence-electron chi connectivity index (χ3n) is 4.10. The van der Waals surface area contributed by atoms with Gasteiger partial charge in [-0.05, 0) is 57.5 Å². The number of halogens is 1. The topological polar surface area (TPSA) is 29.3 Å². The Morgan fingerprint density at radius 3 is 2.44 bits per heavy atom. The highest BCUT2D eigenvalue weighted by Gasteiger charge is 2.28. The van der Waals surface area contributed by atoms with Crippen molar-refractivity contribution < 1.29 is 4.39 Å². The van der Waals surface area contributed by atoms with E-state index in [-0.39, 0.29) is 17.4 Å². The minimum Gasteiger partial charge on any atom is -0.329 e. The van der Waals surface area contributed by atoms with Crippen molar-refractivity contribution in [3.63, 3.8) is 0 Å². The van der Waals surface area contributed by atoms with E-state index >= 15 is 0 Å². The molecule has 0 bridgehead atoms. The summed E-state index contributed by atoms with van der Waals surface area (Å²) >= 11 is 0. The lowest BCUT2D eigenvalue weighted by molar-refractivity contribution is 0.100. The lowest BCUT2D eigenvalue weighted by Gasteiger charge is -2.41. The molecule has 1 aromatic rings. The molecule has 0 aliphatic rings. The molecule has 0 heterocycles. The molecule has 0 saturated carbocycles. The molecular formula is C15H25FN2. The molecule has 102 valence electrons. The number of nitrogens with zero attached hydrogens (tertiary/aromatic N) is 1. The fourth-order valence-corrected chi connectivity index (χ4v) is 2.18. The van der Waals surface area contributed by atoms with Gasteiger partial charge >= 0.3 is 0 Å². The van der Waals surface area contributed by atoms with Crippen molar-refractivity contribution >= 4 is 0 Å². The van der Waals surface area contributed by atoms with Gasteiger partial charge in [0.05, 0.1) is 0 Å². The first-order chi connectivity index (χ1) is 8.33. The number of rotatable bonds is 5. The molecule has 3 heteroatoms. The minimum atomic E-state index is -0.190. The Labute approximate surface area is 110 Å². The Morgan fingerprint density at radius 1 is 1.39 bits per heavy atom. The van der Waals surface area contributed by atoms with Gasteiger partial charge in [0.25, 0.3) is 0 Å². The molecule has 1 unspecified atom stereocenters. The highest BCUT2D eigenvalue weighted by atomic mass is 19.1. The van der Waals surface area contributed by atoms with E-state index in [1.807, 2.05) is 13.0 Å². The predicted octanol–water partition coefficient (Wildman–Crippen LogP) is 3.25. The van der Waals surface area contributed by atoms with E-state index < -0.39 is 0 Å². The number of nitrogens with two attached hydrogens (primary N) is 1. The maximum Gasteiger partial charge on any atom is 0.123 e. The van der Waals surface area contributed by atoms with E-state index in [1.54, 1.807) is 6.07 Å². The molecule has 2 N–H and O–H groups in total. The van der Waals surface area contributed by atoms with Crippen LogP contribution in [0.3, 0.4) is 0 Å². The Bertz CT molecular complexity index is 401. The number of benzene rings is 1. The average Bonchev–Trinajstić information content (AvgIpc) is 2.32. The fourth-order valence-electron chi connectivity index (χ4n) is 2.18. The van der Waals surface area contributed by atoms with Crippen molar-refractivity contribution in [2.75, 3.05) is 13.6 Å². The zero-order valence-corrected chi connectivity index (χ0v) is 12.1. The van der Waals surface area contributed by atoms with Gasteiger partial charge < -0.3 is 5.73 Å². The molecule has 0 aliphatic carbocycles. The zero-order valence-electron chi connectivity index (χ0n) is 12.1. The molecule has 1 atom stereocenters. The zero-order chi connectivity index (χ0) is 13.9. The second-order valence-electron chi connectivity index (χ2n) is 5.53. The Balaban J connectivity index is 3.10. The molecule has 0 aliphatic heterocycles. The van der Waals surface area contributed by atoms with Crippen molar-refractivity contribution in [2.24, 2.45) is 5.73 Å². The maximum atomic E-state index is 13.2. The fraction of sp³-hybridized carbons (Fsp3) is 0.600. The maximum absolute atomic E-state index is 13.2. The minimum absolute atomic E-state index is 0.0743. The van der Waals surface area contributed by atoms with Gasteiger partial charge in [-0.3, -0.25) is 4.90 Å². The van der Waals surface area contributed by atoms with E-state index in [0.717, 1.165) is 17.5 Å². The van der Waals surface area contributed by atoms with Crippen molar-refractivity contribution in [1.29, 1.82) is 0 Å². The largest absolute Gasteiger partial charge is 0.329 e. The summed E-state index contributed by atoms with van der Waals surface area (Å²) in [7, 11) is 2.09. The number of likely N-dealkylation sites (N-methyl/N-ethyl adjacent to an activating group) is 1. The molecule has 0 aromatic heterocycles. The molecule has 1 rings (SSSR count). The van der Waals surface area contributed by atoms with Crippen LogP contribution in [0.2, 0.25) is 0 Å². The molecule has 18 heavy (non-hydrogen) atoms. The van der Waals surface area contributed by atoms with Crippen LogP contribution in [-0.2, 0) is 0 Å². The summed E-state index contributed by atoms with van der Waals surface area (Å²) in [4.78, 5) is 2.28. The van der Waals surface area contributed by atoms with Gasteiger partial charge in [-0.15, -0.1) is 0 Å². The Morgan fingerprint density at radius 2 is 2.00 bits per heavy atom. The van der Waals surface area contributed by atoms with Gasteiger partial charge in [-0.2, -0.15) is 0 Å². The van der Waals surface area contributed by atoms with Crippen molar-refractivity contribution in [3.8, 4) is 0 Å². The number of hydrogen-bond donors (Lipinski definition) is 1. The second-order valence-corrected chi connectivity index (χ2v) is 5.53. The standard InChI is InChI=1S/C15H25FN2/c1-6-15(3,4)18(5)14(10-17)13-8-7-12(16)9-11(13)2/h7-9,14H,6,10,17H2,1-5H3. The summed E-state index contributed by atoms with van der Waals surface area (Å²) in [5.41, 5.74) is 8.08. The van der Waals surface area contributed by atoms with Crippen LogP contribution in [0.15, 0.2) is 18.2 Å². The summed E-state index contributed by atoms with van der Waals surface area (Å²) in [5.74, 6) is -0.190. The van der Waals surface area contributed by atoms with E-state index in [2.05, 4.69) is 32.7 Å². The summed E-state index contributed by atoms with van der Waals surface area (Å²) in [6, 6.07) is 5.06. The Hall–Kier alpha value is -0.930. The van der Waals surface area contributed by atoms with Gasteiger partial charge in [0.15, 0.2) is 0 Å². The molecule has 1 aromatic carbocycles. The van der Waals surface area contributed by atoms with E-state index in [1.165, 1.54) is 6.07 Å². The highest BCUT2D eigenvalue weighted by molar-refractivity contribution is 5.30. The average molecular weight is 252 g/mol. The monoisotopic (exact) mass is 252 g/mol. The molecule has 0 spiro atoms. The van der Waals surface area contributed by atoms with Crippen LogP contribution >= 0.6 is 0 Å². The van der Waals surface area contributed by atoms with Gasteiger partial charge in [0.1, 0.15) is 5.82 Å². The van der Waals surface area contributed by atoms with Gasteiger partial charge in [-0.25, -0.2) is 4.39 Å². The highest BCUT2D eigenvalue weighted by Crippen LogP contribution is 2.29. The van der Waals surface area contributed by atoms with E-state index in [4.69, 9.17) is 5.73 Å². The summed E-state index contributed by atoms with van der Waals surface area (Å²) in [5, 5.41) is 0. The van der Waals surface area contributed by atoms with Crippen LogP contribution in [0.25, 0.3) is 0 Å². The van der Waals surface area contributed by atoms with Crippen LogP contribution in [0.4, 0.5) is 4.39 Å². The first-order valence-corrected chi connectivity index (χ1v) is 6.52. The molecule has 0 radical (unpaired) electrons. The molecular weight excluding hydrogens is 227 g/mol. The van der Waals surface area contributed by atoms with Crippen molar-refractivity contribution in [1.82, 2.24) is 4.90 Å². The Kier molecular flexibility index (Phi) is 4.88. The van der Waals surface area contributed by atoms with Crippen LogP contribution in [0.5, 0.6) is 0 Å². The smallest absolute Gasteiger partial charge is 0.123 e. The molecule has 0 saturated heterocycles. The predicted molar refractivity (Wildman–Crippen MR) is 75.1 cm³/mol. The van der Waals surface area contributed by atoms with Crippen LogP contribution < -0.4 is 5.73 Å². The van der Waals surface area contributed by atoms with Crippen LogP contribution in [0.1, 0.15) is 44.4 Å². The lowest BCUT2D eigenvalue weighted by atomic mass is 9.93. The third-order valence-corrected chi connectivity index (χ3v) is 4.10. The van der Waals surface area contributed by atoms with Gasteiger partial charge in [-0.1, -0.05) is 13.0 Å². The molecule has 2 nitrogen and oxygen atoms in total.